The first-order valence-corrected chi connectivity index (χ1v) is 9.90. The van der Waals surface area contributed by atoms with Gasteiger partial charge in [0.25, 0.3) is 0 Å². The van der Waals surface area contributed by atoms with E-state index in [-0.39, 0.29) is 17.7 Å². The molecule has 2 aromatic heterocycles. The van der Waals surface area contributed by atoms with Crippen LogP contribution >= 0.6 is 34.5 Å². The predicted octanol–water partition coefficient (Wildman–Crippen LogP) is 5.37. The van der Waals surface area contributed by atoms with Crippen LogP contribution in [0, 0.1) is 0 Å². The van der Waals surface area contributed by atoms with Gasteiger partial charge in [0, 0.05) is 34.2 Å². The second kappa shape index (κ2) is 7.96. The lowest BCUT2D eigenvalue weighted by molar-refractivity contribution is -0.116. The van der Waals surface area contributed by atoms with Crippen molar-refractivity contribution in [2.24, 2.45) is 0 Å². The van der Waals surface area contributed by atoms with E-state index in [9.17, 15) is 4.79 Å². The Morgan fingerprint density at radius 2 is 2.04 bits per heavy atom. The van der Waals surface area contributed by atoms with Gasteiger partial charge in [-0.25, -0.2) is 4.98 Å². The minimum Gasteiger partial charge on any atom is -0.339 e. The Balaban J connectivity index is 1.60. The molecular weight excluding hydrogens is 407 g/mol. The molecule has 0 saturated carbocycles. The van der Waals surface area contributed by atoms with E-state index in [1.807, 2.05) is 26.2 Å². The number of carbonyl (C=O) groups excluding carboxylic acids is 1. The molecule has 2 heterocycles. The molecule has 0 fully saturated rings. The molecule has 9 heteroatoms. The van der Waals surface area contributed by atoms with Crippen molar-refractivity contribution in [1.82, 2.24) is 15.1 Å². The van der Waals surface area contributed by atoms with Gasteiger partial charge < -0.3 is 9.84 Å². The fourth-order valence-corrected chi connectivity index (χ4v) is 3.33. The number of aromatic nitrogens is 3. The number of aryl methyl sites for hydroxylation is 1. The van der Waals surface area contributed by atoms with Crippen LogP contribution in [0.25, 0.3) is 11.3 Å². The quantitative estimate of drug-likeness (QED) is 0.595. The van der Waals surface area contributed by atoms with Crippen LogP contribution in [0.4, 0.5) is 5.13 Å². The van der Waals surface area contributed by atoms with E-state index in [0.29, 0.717) is 39.0 Å². The van der Waals surface area contributed by atoms with Gasteiger partial charge in [-0.2, -0.15) is 4.98 Å². The molecule has 1 amide bonds. The summed E-state index contributed by atoms with van der Waals surface area (Å²) in [6, 6.07) is 5.17. The smallest absolute Gasteiger partial charge is 0.227 e. The van der Waals surface area contributed by atoms with Gasteiger partial charge in [-0.15, -0.1) is 11.3 Å². The van der Waals surface area contributed by atoms with Crippen LogP contribution in [0.2, 0.25) is 10.0 Å². The third kappa shape index (κ3) is 5.06. The van der Waals surface area contributed by atoms with Crippen LogP contribution in [0.5, 0.6) is 0 Å². The molecule has 3 aromatic rings. The summed E-state index contributed by atoms with van der Waals surface area (Å²) >= 11 is 13.5. The molecule has 0 aliphatic heterocycles. The molecule has 0 atom stereocenters. The Morgan fingerprint density at radius 1 is 1.26 bits per heavy atom. The topological polar surface area (TPSA) is 80.9 Å². The number of nitrogens with zero attached hydrogens (tertiary/aromatic N) is 3. The minimum atomic E-state index is -0.192. The average Bonchev–Trinajstić information content (AvgIpc) is 3.24. The molecule has 1 N–H and O–H groups in total. The number of rotatable bonds is 5. The zero-order valence-corrected chi connectivity index (χ0v) is 17.4. The Hall–Kier alpha value is -1.96. The summed E-state index contributed by atoms with van der Waals surface area (Å²) in [4.78, 5) is 20.9. The first kappa shape index (κ1) is 19.8. The predicted molar refractivity (Wildman–Crippen MR) is 108 cm³/mol. The third-order valence-corrected chi connectivity index (χ3v) is 4.98. The summed E-state index contributed by atoms with van der Waals surface area (Å²) in [6.07, 6.45) is 0.589. The highest BCUT2D eigenvalue weighted by molar-refractivity contribution is 7.14. The average molecular weight is 425 g/mol. The van der Waals surface area contributed by atoms with Gasteiger partial charge >= 0.3 is 0 Å². The Bertz CT molecular complexity index is 962. The van der Waals surface area contributed by atoms with Gasteiger partial charge in [0.15, 0.2) is 11.0 Å². The minimum absolute atomic E-state index is 0.177. The molecule has 142 valence electrons. The fourth-order valence-electron chi connectivity index (χ4n) is 2.21. The number of anilines is 1. The molecule has 1 aromatic carbocycles. The largest absolute Gasteiger partial charge is 0.339 e. The maximum Gasteiger partial charge on any atom is 0.227 e. The van der Waals surface area contributed by atoms with Crippen molar-refractivity contribution in [3.8, 4) is 11.3 Å². The van der Waals surface area contributed by atoms with Crippen LogP contribution < -0.4 is 5.32 Å². The zero-order valence-electron chi connectivity index (χ0n) is 15.0. The van der Waals surface area contributed by atoms with Crippen molar-refractivity contribution in [3.05, 3.63) is 45.3 Å². The maximum atomic E-state index is 12.2. The van der Waals surface area contributed by atoms with Crippen LogP contribution in [-0.4, -0.2) is 21.0 Å². The lowest BCUT2D eigenvalue weighted by Crippen LogP contribution is -2.14. The second-order valence-corrected chi connectivity index (χ2v) is 8.67. The summed E-state index contributed by atoms with van der Waals surface area (Å²) < 4.78 is 5.20. The van der Waals surface area contributed by atoms with E-state index in [2.05, 4.69) is 20.4 Å². The number of amides is 1. The van der Waals surface area contributed by atoms with Crippen LogP contribution in [0.3, 0.4) is 0 Å². The number of hydrogen-bond acceptors (Lipinski definition) is 6. The number of thiazole rings is 1. The molecule has 0 radical (unpaired) electrons. The van der Waals surface area contributed by atoms with E-state index >= 15 is 0 Å². The van der Waals surface area contributed by atoms with Gasteiger partial charge in [0.05, 0.1) is 10.7 Å². The maximum absolute atomic E-state index is 12.2. The van der Waals surface area contributed by atoms with Crippen LogP contribution in [0.15, 0.2) is 28.1 Å². The Morgan fingerprint density at radius 3 is 2.74 bits per heavy atom. The van der Waals surface area contributed by atoms with Crippen molar-refractivity contribution in [1.29, 1.82) is 0 Å². The molecule has 27 heavy (non-hydrogen) atoms. The lowest BCUT2D eigenvalue weighted by Gasteiger charge is -2.10. The highest BCUT2D eigenvalue weighted by Gasteiger charge is 2.21. The second-order valence-electron chi connectivity index (χ2n) is 6.97. The summed E-state index contributed by atoms with van der Waals surface area (Å²) in [5, 5.41) is 10.2. The highest BCUT2D eigenvalue weighted by Crippen LogP contribution is 2.32. The first-order chi connectivity index (χ1) is 12.7. The number of nitrogens with one attached hydrogen (secondary N) is 1. The molecule has 0 aliphatic carbocycles. The highest BCUT2D eigenvalue weighted by atomic mass is 35.5. The first-order valence-electron chi connectivity index (χ1n) is 8.26. The molecular formula is C18H18Cl2N4O2S. The van der Waals surface area contributed by atoms with Crippen molar-refractivity contribution in [2.45, 2.75) is 39.0 Å². The van der Waals surface area contributed by atoms with Crippen molar-refractivity contribution in [2.75, 3.05) is 5.32 Å². The molecule has 6 nitrogen and oxygen atoms in total. The van der Waals surface area contributed by atoms with Gasteiger partial charge in [0.2, 0.25) is 11.8 Å². The summed E-state index contributed by atoms with van der Waals surface area (Å²) in [5.41, 5.74) is 1.19. The molecule has 3 rings (SSSR count). The van der Waals surface area contributed by atoms with Gasteiger partial charge in [-0.1, -0.05) is 49.1 Å². The number of hydrogen-bond donors (Lipinski definition) is 1. The van der Waals surface area contributed by atoms with E-state index < -0.39 is 0 Å². The summed E-state index contributed by atoms with van der Waals surface area (Å²) in [7, 11) is 0. The number of benzene rings is 1. The number of carbonyl (C=O) groups is 1. The van der Waals surface area contributed by atoms with Crippen molar-refractivity contribution in [3.63, 3.8) is 0 Å². The fraction of sp³-hybridized carbons (Fsp3) is 0.333. The summed E-state index contributed by atoms with van der Waals surface area (Å²) in [6.45, 7) is 6.00. The monoisotopic (exact) mass is 424 g/mol. The van der Waals surface area contributed by atoms with Crippen LogP contribution in [0.1, 0.15) is 38.9 Å². The lowest BCUT2D eigenvalue weighted by atomic mass is 9.96. The molecule has 0 saturated heterocycles. The van der Waals surface area contributed by atoms with E-state index in [0.717, 1.165) is 5.56 Å². The SMILES string of the molecule is CC(C)(C)c1noc(CCC(=O)Nc2nc(-c3cc(Cl)ccc3Cl)cs2)n1. The standard InChI is InChI=1S/C18H18Cl2N4O2S/c1-18(2,3)16-23-15(26-24-16)7-6-14(25)22-17-21-13(9-27-17)11-8-10(19)4-5-12(11)20/h4-5,8-9H,6-7H2,1-3H3,(H,21,22,25). The summed E-state index contributed by atoms with van der Waals surface area (Å²) in [5.74, 6) is 0.894. The van der Waals surface area contributed by atoms with E-state index in [1.165, 1.54) is 11.3 Å². The zero-order chi connectivity index (χ0) is 19.6. The Labute approximate surface area is 170 Å². The molecule has 0 spiro atoms. The third-order valence-electron chi connectivity index (χ3n) is 3.66. The van der Waals surface area contributed by atoms with Gasteiger partial charge in [0.1, 0.15) is 0 Å². The number of halogens is 2. The molecule has 0 bridgehead atoms. The van der Waals surface area contributed by atoms with E-state index in [1.54, 1.807) is 18.2 Å². The normalized spacial score (nSPS) is 11.6. The molecule has 0 aliphatic rings. The molecule has 0 unspecified atom stereocenters. The van der Waals surface area contributed by atoms with Crippen LogP contribution in [-0.2, 0) is 16.6 Å². The Kier molecular flexibility index (Phi) is 5.83. The van der Waals surface area contributed by atoms with Crippen molar-refractivity contribution >= 4 is 45.6 Å². The van der Waals surface area contributed by atoms with Crippen molar-refractivity contribution < 1.29 is 9.32 Å². The van der Waals surface area contributed by atoms with Gasteiger partial charge in [-0.05, 0) is 18.2 Å². The van der Waals surface area contributed by atoms with E-state index in [4.69, 9.17) is 27.7 Å². The van der Waals surface area contributed by atoms with Gasteiger partial charge in [-0.3, -0.25) is 4.79 Å².